The topological polar surface area (TPSA) is 21.7 Å². The molecular formula is C10H21NO2. The maximum Gasteiger partial charge on any atom is 0.0704 e. The lowest BCUT2D eigenvalue weighted by Crippen LogP contribution is -2.41. The van der Waals surface area contributed by atoms with Crippen molar-refractivity contribution in [1.82, 2.24) is 4.90 Å². The van der Waals surface area contributed by atoms with Gasteiger partial charge in [0.1, 0.15) is 0 Å². The summed E-state index contributed by atoms with van der Waals surface area (Å²) in [7, 11) is 3.89. The molecule has 3 nitrogen and oxygen atoms in total. The Kier molecular flexibility index (Phi) is 4.70. The van der Waals surface area contributed by atoms with Gasteiger partial charge >= 0.3 is 0 Å². The zero-order chi connectivity index (χ0) is 9.68. The quantitative estimate of drug-likeness (QED) is 0.616. The normalized spacial score (nSPS) is 30.7. The van der Waals surface area contributed by atoms with Gasteiger partial charge in [0.05, 0.1) is 19.3 Å². The summed E-state index contributed by atoms with van der Waals surface area (Å²) in [4.78, 5) is 2.39. The average Bonchev–Trinajstić information content (AvgIpc) is 2.12. The van der Waals surface area contributed by atoms with Crippen molar-refractivity contribution in [2.45, 2.75) is 31.9 Å². The molecule has 0 spiro atoms. The molecule has 2 atom stereocenters. The van der Waals surface area contributed by atoms with Crippen LogP contribution in [-0.4, -0.2) is 51.0 Å². The minimum absolute atomic E-state index is 0.446. The third-order valence-electron chi connectivity index (χ3n) is 2.80. The number of ether oxygens (including phenoxy) is 2. The van der Waals surface area contributed by atoms with Crippen molar-refractivity contribution in [3.05, 3.63) is 0 Å². The lowest BCUT2D eigenvalue weighted by molar-refractivity contribution is -0.0241. The molecule has 0 radical (unpaired) electrons. The van der Waals surface area contributed by atoms with Crippen LogP contribution in [0.1, 0.15) is 19.8 Å². The molecule has 1 saturated heterocycles. The molecule has 78 valence electrons. The van der Waals surface area contributed by atoms with Gasteiger partial charge in [0, 0.05) is 19.7 Å². The maximum atomic E-state index is 5.69. The summed E-state index contributed by atoms with van der Waals surface area (Å²) in [5.74, 6) is 0. The number of nitrogens with zero attached hydrogens (tertiary/aromatic N) is 1. The minimum atomic E-state index is 0.446. The van der Waals surface area contributed by atoms with E-state index in [1.165, 1.54) is 0 Å². The van der Waals surface area contributed by atoms with Crippen LogP contribution in [0.2, 0.25) is 0 Å². The monoisotopic (exact) mass is 187 g/mol. The Bertz CT molecular complexity index is 141. The van der Waals surface area contributed by atoms with Gasteiger partial charge in [-0.25, -0.2) is 0 Å². The second-order valence-electron chi connectivity index (χ2n) is 3.84. The lowest BCUT2D eigenvalue weighted by atomic mass is 10.0. The third-order valence-corrected chi connectivity index (χ3v) is 2.80. The van der Waals surface area contributed by atoms with Crippen molar-refractivity contribution in [3.63, 3.8) is 0 Å². The van der Waals surface area contributed by atoms with Crippen molar-refractivity contribution in [3.8, 4) is 0 Å². The lowest BCUT2D eigenvalue weighted by Gasteiger charge is -2.34. The number of likely N-dealkylation sites (tertiary alicyclic amines) is 1. The van der Waals surface area contributed by atoms with Crippen LogP contribution in [0.4, 0.5) is 0 Å². The molecule has 0 bridgehead atoms. The molecule has 3 heteroatoms. The summed E-state index contributed by atoms with van der Waals surface area (Å²) in [5.41, 5.74) is 0. The van der Waals surface area contributed by atoms with Crippen LogP contribution in [0, 0.1) is 0 Å². The van der Waals surface area contributed by atoms with E-state index in [1.807, 2.05) is 0 Å². The van der Waals surface area contributed by atoms with Gasteiger partial charge in [0.2, 0.25) is 0 Å². The molecule has 0 aromatic rings. The van der Waals surface area contributed by atoms with E-state index in [0.717, 1.165) is 26.0 Å². The highest BCUT2D eigenvalue weighted by Crippen LogP contribution is 2.17. The second kappa shape index (κ2) is 5.58. The van der Waals surface area contributed by atoms with E-state index in [2.05, 4.69) is 18.9 Å². The fourth-order valence-electron chi connectivity index (χ4n) is 1.70. The Labute approximate surface area is 81.0 Å². The van der Waals surface area contributed by atoms with Crippen LogP contribution < -0.4 is 0 Å². The van der Waals surface area contributed by atoms with Gasteiger partial charge in [-0.15, -0.1) is 0 Å². The van der Waals surface area contributed by atoms with E-state index in [1.54, 1.807) is 7.11 Å². The van der Waals surface area contributed by atoms with Gasteiger partial charge in [-0.05, 0) is 26.8 Å². The van der Waals surface area contributed by atoms with E-state index in [4.69, 9.17) is 9.47 Å². The summed E-state index contributed by atoms with van der Waals surface area (Å²) in [5, 5.41) is 0. The molecule has 13 heavy (non-hydrogen) atoms. The van der Waals surface area contributed by atoms with Gasteiger partial charge in [-0.3, -0.25) is 0 Å². The van der Waals surface area contributed by atoms with E-state index >= 15 is 0 Å². The first-order chi connectivity index (χ1) is 6.24. The van der Waals surface area contributed by atoms with Crippen LogP contribution in [0.25, 0.3) is 0 Å². The predicted molar refractivity (Wildman–Crippen MR) is 52.9 cm³/mol. The molecule has 1 fully saturated rings. The smallest absolute Gasteiger partial charge is 0.0704 e. The standard InChI is InChI=1S/C10H21NO2/c1-9-8-10(4-5-11(9)2)13-7-6-12-3/h9-10H,4-8H2,1-3H3. The summed E-state index contributed by atoms with van der Waals surface area (Å²) < 4.78 is 10.6. The van der Waals surface area contributed by atoms with Gasteiger partial charge in [-0.1, -0.05) is 0 Å². The second-order valence-corrected chi connectivity index (χ2v) is 3.84. The molecule has 2 unspecified atom stereocenters. The molecular weight excluding hydrogens is 166 g/mol. The van der Waals surface area contributed by atoms with E-state index < -0.39 is 0 Å². The summed E-state index contributed by atoms with van der Waals surface area (Å²) >= 11 is 0. The van der Waals surface area contributed by atoms with Crippen LogP contribution >= 0.6 is 0 Å². The predicted octanol–water partition coefficient (Wildman–Crippen LogP) is 1.13. The minimum Gasteiger partial charge on any atom is -0.382 e. The van der Waals surface area contributed by atoms with Crippen molar-refractivity contribution in [2.24, 2.45) is 0 Å². The van der Waals surface area contributed by atoms with Gasteiger partial charge in [0.25, 0.3) is 0 Å². The fraction of sp³-hybridized carbons (Fsp3) is 1.00. The zero-order valence-corrected chi connectivity index (χ0v) is 8.95. The highest BCUT2D eigenvalue weighted by Gasteiger charge is 2.22. The van der Waals surface area contributed by atoms with Crippen molar-refractivity contribution < 1.29 is 9.47 Å². The van der Waals surface area contributed by atoms with Crippen molar-refractivity contribution in [2.75, 3.05) is 33.9 Å². The molecule has 1 aliphatic rings. The number of rotatable bonds is 4. The number of hydrogen-bond acceptors (Lipinski definition) is 3. The number of piperidine rings is 1. The van der Waals surface area contributed by atoms with Crippen LogP contribution in [-0.2, 0) is 9.47 Å². The highest BCUT2D eigenvalue weighted by atomic mass is 16.5. The zero-order valence-electron chi connectivity index (χ0n) is 8.95. The first-order valence-electron chi connectivity index (χ1n) is 5.05. The van der Waals surface area contributed by atoms with E-state index in [9.17, 15) is 0 Å². The molecule has 0 aromatic carbocycles. The number of methoxy groups -OCH3 is 1. The molecule has 1 heterocycles. The molecule has 1 rings (SSSR count). The molecule has 0 saturated carbocycles. The molecule has 1 aliphatic heterocycles. The first-order valence-corrected chi connectivity index (χ1v) is 5.05. The molecule has 0 aliphatic carbocycles. The average molecular weight is 187 g/mol. The van der Waals surface area contributed by atoms with Gasteiger partial charge in [-0.2, -0.15) is 0 Å². The van der Waals surface area contributed by atoms with E-state index in [0.29, 0.717) is 18.8 Å². The van der Waals surface area contributed by atoms with Crippen LogP contribution in [0.15, 0.2) is 0 Å². The SMILES string of the molecule is COCCOC1CCN(C)C(C)C1. The summed E-state index contributed by atoms with van der Waals surface area (Å²) in [6.07, 6.45) is 2.76. The summed E-state index contributed by atoms with van der Waals surface area (Å²) in [6, 6.07) is 0.654. The maximum absolute atomic E-state index is 5.69. The Balaban J connectivity index is 2.14. The van der Waals surface area contributed by atoms with E-state index in [-0.39, 0.29) is 0 Å². The Morgan fingerprint density at radius 2 is 2.15 bits per heavy atom. The Morgan fingerprint density at radius 3 is 2.77 bits per heavy atom. The molecule has 0 aromatic heterocycles. The fourth-order valence-corrected chi connectivity index (χ4v) is 1.70. The number of hydrogen-bond donors (Lipinski definition) is 0. The van der Waals surface area contributed by atoms with Crippen molar-refractivity contribution in [1.29, 1.82) is 0 Å². The molecule has 0 amide bonds. The first kappa shape index (κ1) is 11.0. The summed E-state index contributed by atoms with van der Waals surface area (Å²) in [6.45, 7) is 4.85. The Hall–Kier alpha value is -0.120. The Morgan fingerprint density at radius 1 is 1.38 bits per heavy atom. The van der Waals surface area contributed by atoms with Crippen LogP contribution in [0.3, 0.4) is 0 Å². The third kappa shape index (κ3) is 3.63. The van der Waals surface area contributed by atoms with Crippen LogP contribution in [0.5, 0.6) is 0 Å². The van der Waals surface area contributed by atoms with Gasteiger partial charge in [0.15, 0.2) is 0 Å². The molecule has 0 N–H and O–H groups in total. The largest absolute Gasteiger partial charge is 0.382 e. The highest BCUT2D eigenvalue weighted by molar-refractivity contribution is 4.76. The van der Waals surface area contributed by atoms with Crippen molar-refractivity contribution >= 4 is 0 Å². The van der Waals surface area contributed by atoms with Gasteiger partial charge < -0.3 is 14.4 Å².